The van der Waals surface area contributed by atoms with Gasteiger partial charge in [-0.1, -0.05) is 0 Å². The van der Waals surface area contributed by atoms with Crippen molar-refractivity contribution in [1.29, 1.82) is 0 Å². The van der Waals surface area contributed by atoms with Crippen molar-refractivity contribution in [3.8, 4) is 5.75 Å². The highest BCUT2D eigenvalue weighted by Crippen LogP contribution is 2.33. The fourth-order valence-electron chi connectivity index (χ4n) is 1.66. The predicted molar refractivity (Wildman–Crippen MR) is 58.6 cm³/mol. The number of hydrogen-bond acceptors (Lipinski definition) is 2. The summed E-state index contributed by atoms with van der Waals surface area (Å²) >= 11 is 0. The third-order valence-corrected chi connectivity index (χ3v) is 2.47. The second-order valence-electron chi connectivity index (χ2n) is 3.52. The Hall–Kier alpha value is -1.84. The zero-order valence-corrected chi connectivity index (χ0v) is 8.92. The highest BCUT2D eigenvalue weighted by Gasteiger charge is 2.16. The van der Waals surface area contributed by atoms with Crippen LogP contribution >= 0.6 is 0 Å². The maximum atomic E-state index is 13.1. The lowest BCUT2D eigenvalue weighted by molar-refractivity contribution is -0.116. The smallest absolute Gasteiger partial charge is 0.244 e. The minimum atomic E-state index is -0.327. The lowest BCUT2D eigenvalue weighted by Gasteiger charge is -2.19. The van der Waals surface area contributed by atoms with Crippen LogP contribution in [-0.2, 0) is 4.79 Å². The van der Waals surface area contributed by atoms with E-state index in [1.54, 1.807) is 13.1 Å². The van der Waals surface area contributed by atoms with Gasteiger partial charge in [0.1, 0.15) is 11.6 Å². The average molecular weight is 221 g/mol. The Morgan fingerprint density at radius 1 is 1.56 bits per heavy atom. The van der Waals surface area contributed by atoms with Crippen molar-refractivity contribution in [2.75, 3.05) is 13.7 Å². The van der Waals surface area contributed by atoms with Crippen LogP contribution in [0.4, 0.5) is 4.39 Å². The van der Waals surface area contributed by atoms with E-state index in [0.717, 1.165) is 5.57 Å². The molecule has 1 aliphatic rings. The monoisotopic (exact) mass is 221 g/mol. The van der Waals surface area contributed by atoms with Gasteiger partial charge in [-0.05, 0) is 23.8 Å². The molecule has 1 N–H and O–H groups in total. The van der Waals surface area contributed by atoms with Crippen molar-refractivity contribution < 1.29 is 13.9 Å². The molecule has 0 spiro atoms. The highest BCUT2D eigenvalue weighted by molar-refractivity contribution is 5.96. The van der Waals surface area contributed by atoms with Crippen LogP contribution in [0.2, 0.25) is 0 Å². The van der Waals surface area contributed by atoms with E-state index in [-0.39, 0.29) is 11.7 Å². The molecule has 0 aliphatic carbocycles. The van der Waals surface area contributed by atoms with Crippen LogP contribution in [0.15, 0.2) is 24.3 Å². The summed E-state index contributed by atoms with van der Waals surface area (Å²) in [7, 11) is 1.56. The van der Waals surface area contributed by atoms with Crippen LogP contribution in [0.5, 0.6) is 5.75 Å². The third kappa shape index (κ3) is 2.05. The highest BCUT2D eigenvalue weighted by atomic mass is 19.1. The van der Waals surface area contributed by atoms with Crippen molar-refractivity contribution >= 4 is 11.5 Å². The summed E-state index contributed by atoms with van der Waals surface area (Å²) in [6.45, 7) is 0.515. The number of ether oxygens (including phenoxy) is 1. The van der Waals surface area contributed by atoms with Gasteiger partial charge in [0.15, 0.2) is 0 Å². The second kappa shape index (κ2) is 4.35. The normalized spacial score (nSPS) is 16.5. The summed E-state index contributed by atoms with van der Waals surface area (Å²) < 4.78 is 18.5. The first-order chi connectivity index (χ1) is 7.70. The number of rotatable bonds is 1. The number of carbonyl (C=O) groups excluding carboxylic acids is 1. The molecule has 16 heavy (non-hydrogen) atoms. The van der Waals surface area contributed by atoms with Gasteiger partial charge in [-0.25, -0.2) is 4.39 Å². The van der Waals surface area contributed by atoms with Crippen LogP contribution in [0.25, 0.3) is 5.57 Å². The summed E-state index contributed by atoms with van der Waals surface area (Å²) in [5.41, 5.74) is 1.47. The molecule has 2 rings (SSSR count). The van der Waals surface area contributed by atoms with Crippen LogP contribution in [0.1, 0.15) is 12.0 Å². The number of benzene rings is 1. The Morgan fingerprint density at radius 2 is 2.38 bits per heavy atom. The van der Waals surface area contributed by atoms with Gasteiger partial charge < -0.3 is 10.1 Å². The SMILES string of the molecule is CNC(=O)C=C1CCOc2ccc(F)cc21. The quantitative estimate of drug-likeness (QED) is 0.733. The Morgan fingerprint density at radius 3 is 3.12 bits per heavy atom. The lowest BCUT2D eigenvalue weighted by atomic mass is 9.99. The maximum absolute atomic E-state index is 13.1. The number of amides is 1. The molecule has 1 aromatic carbocycles. The zero-order valence-electron chi connectivity index (χ0n) is 8.92. The first kappa shape index (κ1) is 10.7. The fourth-order valence-corrected chi connectivity index (χ4v) is 1.66. The van der Waals surface area contributed by atoms with E-state index in [1.807, 2.05) is 0 Å². The van der Waals surface area contributed by atoms with Gasteiger partial charge >= 0.3 is 0 Å². The predicted octanol–water partition coefficient (Wildman–Crippen LogP) is 1.74. The molecule has 0 bridgehead atoms. The minimum absolute atomic E-state index is 0.188. The van der Waals surface area contributed by atoms with Gasteiger partial charge in [0.25, 0.3) is 0 Å². The number of carbonyl (C=O) groups is 1. The largest absolute Gasteiger partial charge is 0.493 e. The molecule has 1 heterocycles. The number of likely N-dealkylation sites (N-methyl/N-ethyl adjacent to an activating group) is 1. The van der Waals surface area contributed by atoms with E-state index in [4.69, 9.17) is 4.74 Å². The summed E-state index contributed by atoms with van der Waals surface area (Å²) in [5.74, 6) is 0.113. The Labute approximate surface area is 92.9 Å². The van der Waals surface area contributed by atoms with Crippen molar-refractivity contribution in [2.24, 2.45) is 0 Å². The molecule has 0 atom stereocenters. The average Bonchev–Trinajstić information content (AvgIpc) is 2.29. The van der Waals surface area contributed by atoms with Gasteiger partial charge in [0, 0.05) is 25.1 Å². The van der Waals surface area contributed by atoms with E-state index >= 15 is 0 Å². The molecule has 0 saturated heterocycles. The summed E-state index contributed by atoms with van der Waals surface area (Å²) in [6, 6.07) is 4.33. The van der Waals surface area contributed by atoms with Crippen molar-refractivity contribution in [3.05, 3.63) is 35.7 Å². The molecule has 4 heteroatoms. The molecule has 3 nitrogen and oxygen atoms in total. The minimum Gasteiger partial charge on any atom is -0.493 e. The molecule has 0 radical (unpaired) electrons. The Balaban J connectivity index is 2.43. The number of nitrogens with one attached hydrogen (secondary N) is 1. The van der Waals surface area contributed by atoms with Crippen LogP contribution in [0.3, 0.4) is 0 Å². The lowest BCUT2D eigenvalue weighted by Crippen LogP contribution is -2.16. The topological polar surface area (TPSA) is 38.3 Å². The molecule has 1 aromatic rings. The summed E-state index contributed by atoms with van der Waals surface area (Å²) in [5, 5.41) is 2.51. The number of hydrogen-bond donors (Lipinski definition) is 1. The maximum Gasteiger partial charge on any atom is 0.244 e. The summed E-state index contributed by atoms with van der Waals surface area (Å²) in [6.07, 6.45) is 2.10. The Bertz CT molecular complexity index is 454. The molecule has 0 unspecified atom stereocenters. The van der Waals surface area contributed by atoms with Gasteiger partial charge in [0.2, 0.25) is 5.91 Å². The van der Waals surface area contributed by atoms with Crippen molar-refractivity contribution in [2.45, 2.75) is 6.42 Å². The van der Waals surface area contributed by atoms with Gasteiger partial charge in [-0.15, -0.1) is 0 Å². The molecule has 0 saturated carbocycles. The molecule has 1 amide bonds. The molecule has 84 valence electrons. The van der Waals surface area contributed by atoms with Crippen molar-refractivity contribution in [1.82, 2.24) is 5.32 Å². The van der Waals surface area contributed by atoms with Gasteiger partial charge in [0.05, 0.1) is 6.61 Å². The first-order valence-electron chi connectivity index (χ1n) is 5.05. The molecule has 0 fully saturated rings. The Kier molecular flexibility index (Phi) is 2.90. The summed E-state index contributed by atoms with van der Waals surface area (Å²) in [4.78, 5) is 11.3. The first-order valence-corrected chi connectivity index (χ1v) is 5.05. The second-order valence-corrected chi connectivity index (χ2v) is 3.52. The van der Waals surface area contributed by atoms with Crippen LogP contribution in [-0.4, -0.2) is 19.6 Å². The van der Waals surface area contributed by atoms with E-state index in [1.165, 1.54) is 18.2 Å². The number of halogens is 1. The zero-order chi connectivity index (χ0) is 11.5. The molecular formula is C12H12FNO2. The van der Waals surface area contributed by atoms with Gasteiger partial charge in [-0.3, -0.25) is 4.79 Å². The molecular weight excluding hydrogens is 209 g/mol. The van der Waals surface area contributed by atoms with E-state index in [9.17, 15) is 9.18 Å². The van der Waals surface area contributed by atoms with Crippen molar-refractivity contribution in [3.63, 3.8) is 0 Å². The van der Waals surface area contributed by atoms with E-state index < -0.39 is 0 Å². The molecule has 1 aliphatic heterocycles. The standard InChI is InChI=1S/C12H12FNO2/c1-14-12(15)6-8-4-5-16-11-3-2-9(13)7-10(8)11/h2-3,6-7H,4-5H2,1H3,(H,14,15). The number of fused-ring (bicyclic) bond motifs is 1. The van der Waals surface area contributed by atoms with Gasteiger partial charge in [-0.2, -0.15) is 0 Å². The van der Waals surface area contributed by atoms with Crippen LogP contribution < -0.4 is 10.1 Å². The fraction of sp³-hybridized carbons (Fsp3) is 0.250. The van der Waals surface area contributed by atoms with E-state index in [2.05, 4.69) is 5.32 Å². The van der Waals surface area contributed by atoms with E-state index in [0.29, 0.717) is 24.3 Å². The molecule has 0 aromatic heterocycles. The van der Waals surface area contributed by atoms with Crippen LogP contribution in [0, 0.1) is 5.82 Å². The third-order valence-electron chi connectivity index (χ3n) is 2.47.